The van der Waals surface area contributed by atoms with Gasteiger partial charge in [-0.15, -0.1) is 0 Å². The summed E-state index contributed by atoms with van der Waals surface area (Å²) in [5.41, 5.74) is 0.189. The van der Waals surface area contributed by atoms with Crippen molar-refractivity contribution in [3.05, 3.63) is 69.2 Å². The predicted molar refractivity (Wildman–Crippen MR) is 94.1 cm³/mol. The number of hydrogen-bond donors (Lipinski definition) is 1. The summed E-state index contributed by atoms with van der Waals surface area (Å²) in [4.78, 5) is 26.4. The number of halogens is 2. The van der Waals surface area contributed by atoms with Gasteiger partial charge in [0.15, 0.2) is 0 Å². The van der Waals surface area contributed by atoms with Crippen LogP contribution in [0.2, 0.25) is 10.0 Å². The molecular weight excluding hydrogens is 361 g/mol. The zero-order valence-electron chi connectivity index (χ0n) is 13.2. The zero-order chi connectivity index (χ0) is 18.2. The molecule has 1 fully saturated rings. The number of amides is 3. The second-order valence-corrected chi connectivity index (χ2v) is 6.68. The first kappa shape index (κ1) is 17.3. The molecule has 5 nitrogen and oxygen atoms in total. The van der Waals surface area contributed by atoms with E-state index in [0.717, 1.165) is 4.90 Å². The third-order valence-corrected chi connectivity index (χ3v) is 4.76. The molecule has 0 spiro atoms. The number of nitrogens with zero attached hydrogens (tertiary/aromatic N) is 2. The van der Waals surface area contributed by atoms with Crippen LogP contribution in [0, 0.1) is 11.3 Å². The third-order valence-electron chi connectivity index (χ3n) is 4.21. The SMILES string of the molecule is CC1(c2ccc(Cl)cc2Cl)NC(=O)N(Cc2ccccc2C#N)C1=O. The average molecular weight is 374 g/mol. The molecule has 1 heterocycles. The minimum absolute atomic E-state index is 0.00913. The van der Waals surface area contributed by atoms with E-state index in [4.69, 9.17) is 23.2 Å². The molecule has 2 aromatic carbocycles. The number of nitriles is 1. The second kappa shape index (κ2) is 6.40. The predicted octanol–water partition coefficient (Wildman–Crippen LogP) is 3.83. The Balaban J connectivity index is 1.96. The van der Waals surface area contributed by atoms with Gasteiger partial charge in [-0.3, -0.25) is 9.69 Å². The van der Waals surface area contributed by atoms with Crippen molar-refractivity contribution in [1.29, 1.82) is 5.26 Å². The molecule has 2 aromatic rings. The largest absolute Gasteiger partial charge is 0.325 e. The number of benzene rings is 2. The van der Waals surface area contributed by atoms with E-state index in [1.54, 1.807) is 43.3 Å². The number of hydrogen-bond acceptors (Lipinski definition) is 3. The Morgan fingerprint density at radius 3 is 2.60 bits per heavy atom. The molecule has 1 atom stereocenters. The maximum Gasteiger partial charge on any atom is 0.325 e. The maximum atomic E-state index is 12.9. The first-order valence-electron chi connectivity index (χ1n) is 7.44. The fraction of sp³-hybridized carbons (Fsp3) is 0.167. The molecule has 1 unspecified atom stereocenters. The van der Waals surface area contributed by atoms with Crippen LogP contribution in [0.1, 0.15) is 23.6 Å². The van der Waals surface area contributed by atoms with E-state index in [1.165, 1.54) is 6.07 Å². The minimum Gasteiger partial charge on any atom is -0.319 e. The van der Waals surface area contributed by atoms with Gasteiger partial charge in [0.1, 0.15) is 5.54 Å². The molecule has 0 bridgehead atoms. The zero-order valence-corrected chi connectivity index (χ0v) is 14.7. The van der Waals surface area contributed by atoms with E-state index in [0.29, 0.717) is 26.7 Å². The highest BCUT2D eigenvalue weighted by Gasteiger charge is 2.49. The van der Waals surface area contributed by atoms with Gasteiger partial charge in [-0.25, -0.2) is 4.79 Å². The molecule has 0 aliphatic carbocycles. The smallest absolute Gasteiger partial charge is 0.319 e. The van der Waals surface area contributed by atoms with Crippen LogP contribution in [-0.2, 0) is 16.9 Å². The van der Waals surface area contributed by atoms with Gasteiger partial charge >= 0.3 is 6.03 Å². The molecule has 1 saturated heterocycles. The minimum atomic E-state index is -1.29. The lowest BCUT2D eigenvalue weighted by Gasteiger charge is -2.23. The van der Waals surface area contributed by atoms with E-state index in [1.807, 2.05) is 0 Å². The number of carbonyl (C=O) groups is 2. The first-order valence-corrected chi connectivity index (χ1v) is 8.20. The van der Waals surface area contributed by atoms with E-state index in [2.05, 4.69) is 11.4 Å². The van der Waals surface area contributed by atoms with Gasteiger partial charge in [0, 0.05) is 15.6 Å². The van der Waals surface area contributed by atoms with E-state index in [-0.39, 0.29) is 6.54 Å². The lowest BCUT2D eigenvalue weighted by molar-refractivity contribution is -0.131. The summed E-state index contributed by atoms with van der Waals surface area (Å²) >= 11 is 12.1. The first-order chi connectivity index (χ1) is 11.9. The quantitative estimate of drug-likeness (QED) is 0.830. The Kier molecular flexibility index (Phi) is 4.42. The van der Waals surface area contributed by atoms with Crippen molar-refractivity contribution in [3.8, 4) is 6.07 Å². The fourth-order valence-electron chi connectivity index (χ4n) is 2.86. The van der Waals surface area contributed by atoms with E-state index >= 15 is 0 Å². The molecular formula is C18H13Cl2N3O2. The molecule has 1 aliphatic heterocycles. The van der Waals surface area contributed by atoms with Gasteiger partial charge in [-0.05, 0) is 30.7 Å². The maximum absolute atomic E-state index is 12.9. The summed E-state index contributed by atoms with van der Waals surface area (Å²) in [7, 11) is 0. The molecule has 25 heavy (non-hydrogen) atoms. The summed E-state index contributed by atoms with van der Waals surface area (Å²) in [5, 5.41) is 12.6. The number of imide groups is 1. The average Bonchev–Trinajstić information content (AvgIpc) is 2.79. The Bertz CT molecular complexity index is 923. The highest BCUT2D eigenvalue weighted by Crippen LogP contribution is 2.35. The molecule has 7 heteroatoms. The standard InChI is InChI=1S/C18H13Cl2N3O2/c1-18(14-7-6-13(19)8-15(14)20)16(24)23(17(25)22-18)10-12-5-3-2-4-11(12)9-21/h2-8H,10H2,1H3,(H,22,25). The van der Waals surface area contributed by atoms with Crippen LogP contribution in [0.25, 0.3) is 0 Å². The summed E-state index contributed by atoms with van der Waals surface area (Å²) in [6.07, 6.45) is 0. The van der Waals surface area contributed by atoms with Gasteiger partial charge < -0.3 is 5.32 Å². The Hall–Kier alpha value is -2.55. The van der Waals surface area contributed by atoms with Crippen molar-refractivity contribution in [2.24, 2.45) is 0 Å². The molecule has 0 saturated carbocycles. The topological polar surface area (TPSA) is 73.2 Å². The van der Waals surface area contributed by atoms with Gasteiger partial charge in [-0.2, -0.15) is 5.26 Å². The van der Waals surface area contributed by atoms with Crippen LogP contribution in [0.3, 0.4) is 0 Å². The fourth-order valence-corrected chi connectivity index (χ4v) is 3.45. The Labute approximate surface area is 154 Å². The second-order valence-electron chi connectivity index (χ2n) is 5.84. The van der Waals surface area contributed by atoms with E-state index < -0.39 is 17.5 Å². The number of nitrogens with one attached hydrogen (secondary N) is 1. The monoisotopic (exact) mass is 373 g/mol. The molecule has 0 aromatic heterocycles. The lowest BCUT2D eigenvalue weighted by Crippen LogP contribution is -2.41. The van der Waals surface area contributed by atoms with Crippen LogP contribution >= 0.6 is 23.2 Å². The number of rotatable bonds is 3. The molecule has 0 radical (unpaired) electrons. The van der Waals surface area contributed by atoms with Crippen LogP contribution < -0.4 is 5.32 Å². The van der Waals surface area contributed by atoms with E-state index in [9.17, 15) is 14.9 Å². The van der Waals surface area contributed by atoms with Crippen LogP contribution in [0.5, 0.6) is 0 Å². The van der Waals surface area contributed by atoms with Gasteiger partial charge in [0.05, 0.1) is 18.2 Å². The summed E-state index contributed by atoms with van der Waals surface area (Å²) < 4.78 is 0. The lowest BCUT2D eigenvalue weighted by atomic mass is 9.92. The Morgan fingerprint density at radius 1 is 1.20 bits per heavy atom. The highest BCUT2D eigenvalue weighted by molar-refractivity contribution is 6.35. The molecule has 3 amide bonds. The normalized spacial score (nSPS) is 19.7. The summed E-state index contributed by atoms with van der Waals surface area (Å²) in [6.45, 7) is 1.60. The third kappa shape index (κ3) is 2.95. The van der Waals surface area contributed by atoms with Gasteiger partial charge in [0.2, 0.25) is 0 Å². The van der Waals surface area contributed by atoms with Crippen LogP contribution in [-0.4, -0.2) is 16.8 Å². The van der Waals surface area contributed by atoms with Crippen molar-refractivity contribution < 1.29 is 9.59 Å². The number of carbonyl (C=O) groups excluding carboxylic acids is 2. The Morgan fingerprint density at radius 2 is 1.92 bits per heavy atom. The highest BCUT2D eigenvalue weighted by atomic mass is 35.5. The van der Waals surface area contributed by atoms with Gasteiger partial charge in [0.25, 0.3) is 5.91 Å². The molecule has 1 N–H and O–H groups in total. The molecule has 126 valence electrons. The van der Waals surface area contributed by atoms with Crippen LogP contribution in [0.4, 0.5) is 4.79 Å². The summed E-state index contributed by atoms with van der Waals surface area (Å²) in [6, 6.07) is 13.1. The summed E-state index contributed by atoms with van der Waals surface area (Å²) in [5.74, 6) is -0.436. The number of urea groups is 1. The van der Waals surface area contributed by atoms with Crippen LogP contribution in [0.15, 0.2) is 42.5 Å². The van der Waals surface area contributed by atoms with Crippen molar-refractivity contribution in [2.45, 2.75) is 19.0 Å². The molecule has 3 rings (SSSR count). The van der Waals surface area contributed by atoms with Crippen molar-refractivity contribution >= 4 is 35.1 Å². The molecule has 1 aliphatic rings. The van der Waals surface area contributed by atoms with Crippen molar-refractivity contribution in [3.63, 3.8) is 0 Å². The van der Waals surface area contributed by atoms with Crippen molar-refractivity contribution in [1.82, 2.24) is 10.2 Å². The van der Waals surface area contributed by atoms with Crippen molar-refractivity contribution in [2.75, 3.05) is 0 Å². The van der Waals surface area contributed by atoms with Gasteiger partial charge in [-0.1, -0.05) is 47.5 Å².